The van der Waals surface area contributed by atoms with Crippen LogP contribution in [0.5, 0.6) is 5.75 Å². The maximum absolute atomic E-state index is 12.6. The van der Waals surface area contributed by atoms with Crippen molar-refractivity contribution in [3.8, 4) is 11.4 Å². The zero-order valence-electron chi connectivity index (χ0n) is 19.0. The lowest BCUT2D eigenvalue weighted by Crippen LogP contribution is -2.31. The summed E-state index contributed by atoms with van der Waals surface area (Å²) in [5.74, 6) is 1.68. The smallest absolute Gasteiger partial charge is 0.322 e. The fourth-order valence-electron chi connectivity index (χ4n) is 4.15. The van der Waals surface area contributed by atoms with Crippen molar-refractivity contribution in [3.63, 3.8) is 0 Å². The van der Waals surface area contributed by atoms with Crippen LogP contribution >= 0.6 is 11.8 Å². The molecule has 0 radical (unpaired) electrons. The van der Waals surface area contributed by atoms with Crippen LogP contribution in [0.25, 0.3) is 5.69 Å². The summed E-state index contributed by atoms with van der Waals surface area (Å²) in [6, 6.07) is 7.79. The van der Waals surface area contributed by atoms with Gasteiger partial charge in [0, 0.05) is 19.7 Å². The quantitative estimate of drug-likeness (QED) is 0.476. The molecule has 34 heavy (non-hydrogen) atoms. The molecule has 0 bridgehead atoms. The average molecular weight is 486 g/mol. The summed E-state index contributed by atoms with van der Waals surface area (Å²) in [5, 5.41) is 20.1. The average Bonchev–Trinajstić information content (AvgIpc) is 3.64. The molecule has 2 fully saturated rings. The second kappa shape index (κ2) is 10.4. The van der Waals surface area contributed by atoms with Crippen LogP contribution in [0.1, 0.15) is 44.1 Å². The van der Waals surface area contributed by atoms with E-state index >= 15 is 0 Å². The summed E-state index contributed by atoms with van der Waals surface area (Å²) in [4.78, 5) is 14.8. The molecule has 3 aromatic rings. The number of amides is 1. The van der Waals surface area contributed by atoms with Gasteiger partial charge in [-0.2, -0.15) is 0 Å². The van der Waals surface area contributed by atoms with Crippen LogP contribution in [0.4, 0.5) is 12.0 Å². The Bertz CT molecular complexity index is 1120. The molecule has 11 nitrogen and oxygen atoms in total. The van der Waals surface area contributed by atoms with E-state index in [1.54, 1.807) is 7.11 Å². The van der Waals surface area contributed by atoms with E-state index in [-0.39, 0.29) is 23.8 Å². The summed E-state index contributed by atoms with van der Waals surface area (Å²) in [6.45, 7) is 2.52. The number of hydrogen-bond acceptors (Lipinski definition) is 10. The van der Waals surface area contributed by atoms with Crippen molar-refractivity contribution >= 4 is 29.6 Å². The molecule has 0 aliphatic carbocycles. The molecule has 1 aromatic carbocycles. The molecular formula is C22H27N7O4S. The Kier molecular flexibility index (Phi) is 6.95. The maximum Gasteiger partial charge on any atom is 0.322 e. The van der Waals surface area contributed by atoms with Gasteiger partial charge in [0.25, 0.3) is 0 Å². The highest BCUT2D eigenvalue weighted by Gasteiger charge is 2.25. The van der Waals surface area contributed by atoms with Crippen molar-refractivity contribution < 1.29 is 18.7 Å². The number of carbonyl (C=O) groups excluding carboxylic acids is 1. The Morgan fingerprint density at radius 1 is 1.15 bits per heavy atom. The summed E-state index contributed by atoms with van der Waals surface area (Å²) < 4.78 is 18.7. The largest absolute Gasteiger partial charge is 0.495 e. The summed E-state index contributed by atoms with van der Waals surface area (Å²) in [5.41, 5.74) is 0.830. The molecule has 180 valence electrons. The predicted molar refractivity (Wildman–Crippen MR) is 126 cm³/mol. The molecule has 2 aromatic heterocycles. The first-order valence-corrected chi connectivity index (χ1v) is 12.4. The van der Waals surface area contributed by atoms with Gasteiger partial charge >= 0.3 is 6.01 Å². The Labute approximate surface area is 201 Å². The number of hydrogen-bond donors (Lipinski definition) is 1. The van der Waals surface area contributed by atoms with E-state index in [2.05, 4.69) is 30.6 Å². The van der Waals surface area contributed by atoms with Crippen molar-refractivity contribution in [1.82, 2.24) is 25.0 Å². The lowest BCUT2D eigenvalue weighted by Gasteiger charge is -2.28. The van der Waals surface area contributed by atoms with E-state index in [4.69, 9.17) is 13.9 Å². The number of para-hydroxylation sites is 2. The maximum atomic E-state index is 12.6. The number of piperidine rings is 1. The van der Waals surface area contributed by atoms with Gasteiger partial charge in [0.15, 0.2) is 5.16 Å². The van der Waals surface area contributed by atoms with Crippen LogP contribution in [0, 0.1) is 0 Å². The van der Waals surface area contributed by atoms with Crippen molar-refractivity contribution in [1.29, 1.82) is 0 Å². The number of anilines is 2. The molecule has 2 saturated heterocycles. The van der Waals surface area contributed by atoms with Gasteiger partial charge in [0.1, 0.15) is 11.9 Å². The molecule has 4 heterocycles. The number of thioether (sulfide) groups is 1. The first-order valence-electron chi connectivity index (χ1n) is 11.4. The van der Waals surface area contributed by atoms with E-state index in [1.807, 2.05) is 28.8 Å². The number of ether oxygens (including phenoxy) is 2. The lowest BCUT2D eigenvalue weighted by molar-refractivity contribution is -0.113. The van der Waals surface area contributed by atoms with E-state index < -0.39 is 0 Å². The second-order valence-corrected chi connectivity index (χ2v) is 9.06. The van der Waals surface area contributed by atoms with Crippen LogP contribution in [-0.2, 0) is 9.53 Å². The Balaban J connectivity index is 1.32. The zero-order valence-corrected chi connectivity index (χ0v) is 19.8. The molecule has 0 unspecified atom stereocenters. The summed E-state index contributed by atoms with van der Waals surface area (Å²) in [6.07, 6.45) is 5.04. The molecule has 2 aliphatic heterocycles. The molecule has 1 N–H and O–H groups in total. The SMILES string of the molecule is COc1ccccc1-n1c(SCC(=O)Nc2nnc([C@H]3CCCO3)o2)nnc1N1CCCCC1. The fraction of sp³-hybridized carbons (Fsp3) is 0.500. The van der Waals surface area contributed by atoms with Gasteiger partial charge in [-0.1, -0.05) is 29.0 Å². The first-order chi connectivity index (χ1) is 16.7. The number of methoxy groups -OCH3 is 1. The predicted octanol–water partition coefficient (Wildman–Crippen LogP) is 3.23. The number of carbonyl (C=O) groups is 1. The van der Waals surface area contributed by atoms with Gasteiger partial charge in [-0.25, -0.2) is 0 Å². The van der Waals surface area contributed by atoms with Gasteiger partial charge in [-0.05, 0) is 44.2 Å². The molecule has 1 atom stereocenters. The number of nitrogens with one attached hydrogen (secondary N) is 1. The van der Waals surface area contributed by atoms with E-state index in [1.165, 1.54) is 18.2 Å². The minimum Gasteiger partial charge on any atom is -0.495 e. The zero-order chi connectivity index (χ0) is 23.3. The van der Waals surface area contributed by atoms with Crippen LogP contribution in [0.15, 0.2) is 33.8 Å². The first kappa shape index (κ1) is 22.7. The Hall–Kier alpha value is -3.12. The highest BCUT2D eigenvalue weighted by Crippen LogP contribution is 2.33. The number of aromatic nitrogens is 5. The van der Waals surface area contributed by atoms with Crippen molar-refractivity contribution in [2.75, 3.05) is 42.8 Å². The van der Waals surface area contributed by atoms with Crippen molar-refractivity contribution in [3.05, 3.63) is 30.2 Å². The minimum atomic E-state index is -0.276. The van der Waals surface area contributed by atoms with Crippen molar-refractivity contribution in [2.24, 2.45) is 0 Å². The number of rotatable bonds is 8. The molecule has 0 saturated carbocycles. The monoisotopic (exact) mass is 485 g/mol. The summed E-state index contributed by atoms with van der Waals surface area (Å²) >= 11 is 1.29. The molecule has 1 amide bonds. The van der Waals surface area contributed by atoms with Gasteiger partial charge in [0.05, 0.1) is 18.6 Å². The van der Waals surface area contributed by atoms with Crippen molar-refractivity contribution in [2.45, 2.75) is 43.4 Å². The van der Waals surface area contributed by atoms with Gasteiger partial charge in [-0.3, -0.25) is 14.7 Å². The number of nitrogens with zero attached hydrogens (tertiary/aromatic N) is 6. The van der Waals surface area contributed by atoms with Crippen LogP contribution in [0.2, 0.25) is 0 Å². The third-order valence-corrected chi connectivity index (χ3v) is 6.73. The number of benzene rings is 1. The van der Waals surface area contributed by atoms with Gasteiger partial charge < -0.3 is 18.8 Å². The molecule has 12 heteroatoms. The third kappa shape index (κ3) is 4.87. The van der Waals surface area contributed by atoms with E-state index in [9.17, 15) is 4.79 Å². The van der Waals surface area contributed by atoms with E-state index in [0.717, 1.165) is 50.4 Å². The van der Waals surface area contributed by atoms with Crippen LogP contribution in [0.3, 0.4) is 0 Å². The van der Waals surface area contributed by atoms with Crippen LogP contribution in [-0.4, -0.2) is 63.4 Å². The minimum absolute atomic E-state index is 0.0660. The second-order valence-electron chi connectivity index (χ2n) is 8.12. The van der Waals surface area contributed by atoms with Gasteiger partial charge in [0.2, 0.25) is 17.7 Å². The fourth-order valence-corrected chi connectivity index (χ4v) is 4.89. The van der Waals surface area contributed by atoms with E-state index in [0.29, 0.717) is 23.4 Å². The standard InChI is InChI=1S/C22H27N7O4S/c1-31-16-9-4-3-8-15(16)29-21(28-11-5-2-6-12-28)26-27-22(29)34-14-18(30)23-20-25-24-19(33-20)17-10-7-13-32-17/h3-4,8-9,17H,2,5-7,10-14H2,1H3,(H,23,25,30)/t17-/m1/s1. The highest BCUT2D eigenvalue weighted by atomic mass is 32.2. The highest BCUT2D eigenvalue weighted by molar-refractivity contribution is 7.99. The Morgan fingerprint density at radius 2 is 2.00 bits per heavy atom. The lowest BCUT2D eigenvalue weighted by atomic mass is 10.1. The molecule has 0 spiro atoms. The van der Waals surface area contributed by atoms with Gasteiger partial charge in [-0.15, -0.1) is 15.3 Å². The normalized spacial score (nSPS) is 18.3. The molecular weight excluding hydrogens is 458 g/mol. The topological polar surface area (TPSA) is 120 Å². The Morgan fingerprint density at radius 3 is 2.79 bits per heavy atom. The molecule has 2 aliphatic rings. The summed E-state index contributed by atoms with van der Waals surface area (Å²) in [7, 11) is 1.64. The molecule has 5 rings (SSSR count). The third-order valence-electron chi connectivity index (χ3n) is 5.81. The van der Waals surface area contributed by atoms with Crippen LogP contribution < -0.4 is 15.0 Å².